The van der Waals surface area contributed by atoms with Gasteiger partial charge in [0.25, 0.3) is 10.1 Å². The van der Waals surface area contributed by atoms with E-state index in [-0.39, 0.29) is 10.8 Å². The molecule has 0 bridgehead atoms. The van der Waals surface area contributed by atoms with Gasteiger partial charge in [0, 0.05) is 22.9 Å². The number of nitrogens with zero attached hydrogens (tertiary/aromatic N) is 2. The van der Waals surface area contributed by atoms with Gasteiger partial charge in [-0.15, -0.1) is 36.0 Å². The number of allylic oxidation sites excluding steroid dienone is 4. The van der Waals surface area contributed by atoms with Crippen molar-refractivity contribution in [2.24, 2.45) is 4.99 Å². The molecule has 0 saturated heterocycles. The van der Waals surface area contributed by atoms with E-state index in [1.807, 2.05) is 60.7 Å². The summed E-state index contributed by atoms with van der Waals surface area (Å²) in [5.41, 5.74) is 1.93. The predicted molar refractivity (Wildman–Crippen MR) is 123 cm³/mol. The summed E-state index contributed by atoms with van der Waals surface area (Å²) in [6, 6.07) is 18.9. The molecule has 1 unspecified atom stereocenters. The molecule has 8 heteroatoms. The molecule has 4 rings (SSSR count). The minimum atomic E-state index is -4.42. The number of para-hydroxylation sites is 1. The molecule has 158 valence electrons. The SMILES string of the molecule is O=S1C(C=C2C=CC=C[C-]2S(=O)(=O)O)=CN(Cc2ccccc2)C1=Nc1ccccc1. The molecule has 1 atom stereocenters. The number of benzene rings is 2. The third-order valence-corrected chi connectivity index (χ3v) is 6.82. The topological polar surface area (TPSA) is 87.0 Å². The van der Waals surface area contributed by atoms with Gasteiger partial charge in [0.1, 0.15) is 10.8 Å². The van der Waals surface area contributed by atoms with E-state index in [1.54, 1.807) is 23.3 Å². The largest absolute Gasteiger partial charge is 0.320 e. The van der Waals surface area contributed by atoms with E-state index in [0.29, 0.717) is 22.3 Å². The molecule has 1 aliphatic heterocycles. The van der Waals surface area contributed by atoms with E-state index in [2.05, 4.69) is 4.99 Å². The number of rotatable bonds is 5. The van der Waals surface area contributed by atoms with Crippen molar-refractivity contribution in [2.75, 3.05) is 0 Å². The van der Waals surface area contributed by atoms with Gasteiger partial charge in [0.15, 0.2) is 0 Å². The van der Waals surface area contributed by atoms with E-state index in [9.17, 15) is 17.2 Å². The Morgan fingerprint density at radius 2 is 1.71 bits per heavy atom. The molecule has 0 fully saturated rings. The highest BCUT2D eigenvalue weighted by Crippen LogP contribution is 2.31. The van der Waals surface area contributed by atoms with Crippen LogP contribution in [-0.4, -0.2) is 27.2 Å². The summed E-state index contributed by atoms with van der Waals surface area (Å²) in [4.78, 5) is 6.76. The number of amidine groups is 1. The van der Waals surface area contributed by atoms with Crippen LogP contribution in [0.1, 0.15) is 5.56 Å². The van der Waals surface area contributed by atoms with Crippen molar-refractivity contribution in [3.05, 3.63) is 119 Å². The number of aliphatic imine (C=N–C) groups is 1. The Balaban J connectivity index is 1.73. The second-order valence-corrected chi connectivity index (χ2v) is 9.56. The van der Waals surface area contributed by atoms with Crippen molar-refractivity contribution in [1.82, 2.24) is 4.90 Å². The lowest BCUT2D eigenvalue weighted by Crippen LogP contribution is -2.23. The molecule has 1 aliphatic carbocycles. The fourth-order valence-electron chi connectivity index (χ4n) is 3.16. The first-order valence-electron chi connectivity index (χ1n) is 9.41. The van der Waals surface area contributed by atoms with Crippen molar-refractivity contribution >= 4 is 31.8 Å². The number of hydrogen-bond acceptors (Lipinski definition) is 4. The van der Waals surface area contributed by atoms with Crippen LogP contribution >= 0.6 is 0 Å². The number of hydrogen-bond donors (Lipinski definition) is 1. The minimum Gasteiger partial charge on any atom is -0.320 e. The highest BCUT2D eigenvalue weighted by atomic mass is 32.2. The summed E-state index contributed by atoms with van der Waals surface area (Å²) >= 11 is 0. The highest BCUT2D eigenvalue weighted by molar-refractivity contribution is 8.04. The van der Waals surface area contributed by atoms with Crippen LogP contribution in [0.5, 0.6) is 0 Å². The predicted octanol–water partition coefficient (Wildman–Crippen LogP) is 4.25. The summed E-state index contributed by atoms with van der Waals surface area (Å²) in [7, 11) is -6.05. The first-order chi connectivity index (χ1) is 14.9. The summed E-state index contributed by atoms with van der Waals surface area (Å²) in [6.45, 7) is 0.454. The quantitative estimate of drug-likeness (QED) is 0.542. The second-order valence-electron chi connectivity index (χ2n) is 6.80. The fraction of sp³-hybridized carbons (Fsp3) is 0.0435. The molecule has 0 radical (unpaired) electrons. The van der Waals surface area contributed by atoms with Crippen molar-refractivity contribution in [2.45, 2.75) is 6.54 Å². The van der Waals surface area contributed by atoms with Gasteiger partial charge in [-0.3, -0.25) is 4.55 Å². The molecule has 31 heavy (non-hydrogen) atoms. The van der Waals surface area contributed by atoms with Gasteiger partial charge in [-0.1, -0.05) is 48.5 Å². The standard InChI is InChI=1S/C23H19N2O4S2/c26-30-21(15-19-11-7-8-14-22(19)31(27,28)29)17-25(16-18-9-3-1-4-10-18)23(30)24-20-12-5-2-6-13-20/h1-15,17H,16H2,(H,27,28,29)/q-1. The Labute approximate surface area is 183 Å². The van der Waals surface area contributed by atoms with Crippen LogP contribution in [0.2, 0.25) is 0 Å². The lowest BCUT2D eigenvalue weighted by atomic mass is 10.1. The maximum atomic E-state index is 13.3. The third kappa shape index (κ3) is 4.93. The van der Waals surface area contributed by atoms with Gasteiger partial charge in [0.05, 0.1) is 5.69 Å². The monoisotopic (exact) mass is 451 g/mol. The van der Waals surface area contributed by atoms with Crippen LogP contribution < -0.4 is 0 Å². The molecule has 1 heterocycles. The van der Waals surface area contributed by atoms with Crippen molar-refractivity contribution < 1.29 is 17.2 Å². The molecule has 2 aromatic carbocycles. The molecule has 0 aromatic heterocycles. The van der Waals surface area contributed by atoms with Gasteiger partial charge >= 0.3 is 0 Å². The average Bonchev–Trinajstić information content (AvgIpc) is 3.04. The zero-order valence-electron chi connectivity index (χ0n) is 16.3. The Bertz CT molecular complexity index is 1240. The molecule has 6 nitrogen and oxygen atoms in total. The van der Waals surface area contributed by atoms with Gasteiger partial charge in [-0.05, 0) is 17.7 Å². The molecule has 2 aromatic rings. The summed E-state index contributed by atoms with van der Waals surface area (Å²) < 4.78 is 46.3. The van der Waals surface area contributed by atoms with E-state index in [0.717, 1.165) is 5.56 Å². The van der Waals surface area contributed by atoms with Crippen molar-refractivity contribution in [3.63, 3.8) is 0 Å². The molecule has 0 amide bonds. The van der Waals surface area contributed by atoms with Crippen LogP contribution in [-0.2, 0) is 27.5 Å². The third-order valence-electron chi connectivity index (χ3n) is 4.58. The van der Waals surface area contributed by atoms with Crippen LogP contribution in [0.3, 0.4) is 0 Å². The summed E-state index contributed by atoms with van der Waals surface area (Å²) in [5.74, 6) is 0. The fourth-order valence-corrected chi connectivity index (χ4v) is 5.02. The maximum Gasteiger partial charge on any atom is 0.258 e. The van der Waals surface area contributed by atoms with Gasteiger partial charge in [0.2, 0.25) is 5.17 Å². The Morgan fingerprint density at radius 1 is 1.03 bits per heavy atom. The van der Waals surface area contributed by atoms with Gasteiger partial charge in [-0.2, -0.15) is 0 Å². The van der Waals surface area contributed by atoms with Crippen LogP contribution in [0.4, 0.5) is 5.69 Å². The normalized spacial score (nSPS) is 21.2. The van der Waals surface area contributed by atoms with Crippen LogP contribution in [0.25, 0.3) is 0 Å². The summed E-state index contributed by atoms with van der Waals surface area (Å²) in [6.07, 6.45) is 9.23. The van der Waals surface area contributed by atoms with E-state index < -0.39 is 20.9 Å². The molecular formula is C23H19N2O4S2-. The first kappa shape index (κ1) is 21.0. The zero-order chi connectivity index (χ0) is 21.8. The van der Waals surface area contributed by atoms with E-state index >= 15 is 0 Å². The van der Waals surface area contributed by atoms with Crippen LogP contribution in [0, 0.1) is 5.25 Å². The zero-order valence-corrected chi connectivity index (χ0v) is 18.0. The highest BCUT2D eigenvalue weighted by Gasteiger charge is 2.27. The molecule has 0 spiro atoms. The molecular weight excluding hydrogens is 432 g/mol. The van der Waals surface area contributed by atoms with E-state index in [1.165, 1.54) is 18.2 Å². The summed E-state index contributed by atoms with van der Waals surface area (Å²) in [5, 5.41) is 0.113. The Hall–Kier alpha value is -3.20. The first-order valence-corrected chi connectivity index (χ1v) is 12.0. The maximum absolute atomic E-state index is 13.3. The average molecular weight is 452 g/mol. The second kappa shape index (κ2) is 8.89. The van der Waals surface area contributed by atoms with Gasteiger partial charge < -0.3 is 4.90 Å². The minimum absolute atomic E-state index is 0.240. The van der Waals surface area contributed by atoms with Crippen LogP contribution in [0.15, 0.2) is 113 Å². The Kier molecular flexibility index (Phi) is 6.03. The van der Waals surface area contributed by atoms with Crippen molar-refractivity contribution in [1.29, 1.82) is 0 Å². The molecule has 1 N–H and O–H groups in total. The lowest BCUT2D eigenvalue weighted by Gasteiger charge is -2.21. The van der Waals surface area contributed by atoms with E-state index in [4.69, 9.17) is 0 Å². The Morgan fingerprint density at radius 3 is 2.39 bits per heavy atom. The smallest absolute Gasteiger partial charge is 0.258 e. The molecule has 2 aliphatic rings. The molecule has 0 saturated carbocycles. The van der Waals surface area contributed by atoms with Crippen molar-refractivity contribution in [3.8, 4) is 0 Å². The van der Waals surface area contributed by atoms with Gasteiger partial charge in [-0.25, -0.2) is 17.6 Å². The lowest BCUT2D eigenvalue weighted by molar-refractivity contribution is 0.487.